The molecule has 0 saturated carbocycles. The van der Waals surface area contributed by atoms with Crippen LogP contribution in [0.15, 0.2) is 66.0 Å². The third kappa shape index (κ3) is 4.15. The van der Waals surface area contributed by atoms with Crippen molar-refractivity contribution in [1.82, 2.24) is 15.0 Å². The highest BCUT2D eigenvalue weighted by molar-refractivity contribution is 7.17. The van der Waals surface area contributed by atoms with Gasteiger partial charge in [0.05, 0.1) is 34.1 Å². The van der Waals surface area contributed by atoms with E-state index >= 15 is 0 Å². The van der Waals surface area contributed by atoms with Crippen molar-refractivity contribution in [2.24, 2.45) is 0 Å². The number of nitrogens with two attached hydrogens (primary N) is 1. The topological polar surface area (TPSA) is 130 Å². The molecule has 8 nitrogen and oxygen atoms in total. The zero-order valence-corrected chi connectivity index (χ0v) is 18.1. The number of aromatic nitrogens is 3. The van der Waals surface area contributed by atoms with Gasteiger partial charge in [0.2, 0.25) is 5.82 Å². The van der Waals surface area contributed by atoms with Gasteiger partial charge in [0, 0.05) is 11.1 Å². The molecule has 2 aromatic carbocycles. The minimum Gasteiger partial charge on any atom is -0.382 e. The summed E-state index contributed by atoms with van der Waals surface area (Å²) < 4.78 is 0.756. The fourth-order valence-corrected chi connectivity index (χ4v) is 4.21. The maximum atomic E-state index is 12.8. The summed E-state index contributed by atoms with van der Waals surface area (Å²) in [6.07, 6.45) is 0. The number of hydrogen-bond donors (Lipinski definition) is 3. The first-order valence-corrected chi connectivity index (χ1v) is 10.9. The summed E-state index contributed by atoms with van der Waals surface area (Å²) in [7, 11) is 0. The lowest BCUT2D eigenvalue weighted by atomic mass is 10.1. The minimum atomic E-state index is -0.483. The van der Waals surface area contributed by atoms with E-state index in [0.717, 1.165) is 26.9 Å². The Morgan fingerprint density at radius 2 is 1.88 bits per heavy atom. The highest BCUT2D eigenvalue weighted by Crippen LogP contribution is 2.25. The monoisotopic (exact) mass is 451 g/mol. The molecule has 4 N–H and O–H groups in total. The van der Waals surface area contributed by atoms with Crippen LogP contribution in [0.5, 0.6) is 0 Å². The van der Waals surface area contributed by atoms with Crippen LogP contribution in [0.2, 0.25) is 0 Å². The second-order valence-corrected chi connectivity index (χ2v) is 8.16. The number of pyridine rings is 1. The van der Waals surface area contributed by atoms with Crippen LogP contribution in [0.4, 0.5) is 17.3 Å². The molecule has 3 heterocycles. The van der Waals surface area contributed by atoms with Crippen molar-refractivity contribution in [2.45, 2.75) is 6.54 Å². The average Bonchev–Trinajstić information content (AvgIpc) is 3.32. The standard InChI is InChI=1S/C24H17N7OS/c25-12-14-5-7-16(8-6-14)27-13-19-17-4-2-1-3-15(17)11-20(28-19)30-24(32)23-29-18-9-10-33-21(18)22(26)31-23/h1-11,27H,13H2,(H2,26,29,31)(H,28,30,32). The fraction of sp³-hybridized carbons (Fsp3) is 0.0417. The smallest absolute Gasteiger partial charge is 0.294 e. The molecule has 0 saturated heterocycles. The van der Waals surface area contributed by atoms with Crippen LogP contribution in [-0.4, -0.2) is 20.9 Å². The van der Waals surface area contributed by atoms with Gasteiger partial charge >= 0.3 is 0 Å². The van der Waals surface area contributed by atoms with Gasteiger partial charge in [-0.1, -0.05) is 24.3 Å². The van der Waals surface area contributed by atoms with E-state index in [-0.39, 0.29) is 11.6 Å². The summed E-state index contributed by atoms with van der Waals surface area (Å²) in [4.78, 5) is 26.0. The number of anilines is 3. The first-order valence-electron chi connectivity index (χ1n) is 10.1. The molecule has 5 aromatic rings. The molecule has 0 spiro atoms. The van der Waals surface area contributed by atoms with Crippen LogP contribution in [0.3, 0.4) is 0 Å². The Labute approximate surface area is 192 Å². The number of carbonyl (C=O) groups excluding carboxylic acids is 1. The molecule has 33 heavy (non-hydrogen) atoms. The number of amides is 1. The molecule has 160 valence electrons. The minimum absolute atomic E-state index is 0.00869. The number of fused-ring (bicyclic) bond motifs is 2. The maximum Gasteiger partial charge on any atom is 0.294 e. The summed E-state index contributed by atoms with van der Waals surface area (Å²) in [6.45, 7) is 0.431. The Morgan fingerprint density at radius 1 is 1.06 bits per heavy atom. The molecule has 5 rings (SSSR count). The van der Waals surface area contributed by atoms with Gasteiger partial charge in [-0.25, -0.2) is 15.0 Å². The van der Waals surface area contributed by atoms with E-state index in [1.807, 2.05) is 47.8 Å². The van der Waals surface area contributed by atoms with Crippen molar-refractivity contribution in [3.63, 3.8) is 0 Å². The lowest BCUT2D eigenvalue weighted by Gasteiger charge is -2.12. The molecule has 9 heteroatoms. The number of thiophene rings is 1. The van der Waals surface area contributed by atoms with Crippen LogP contribution in [0.1, 0.15) is 21.9 Å². The number of nitrogens with one attached hydrogen (secondary N) is 2. The zero-order chi connectivity index (χ0) is 22.8. The first kappa shape index (κ1) is 20.4. The number of rotatable bonds is 5. The molecule has 0 radical (unpaired) electrons. The van der Waals surface area contributed by atoms with Crippen LogP contribution in [-0.2, 0) is 6.54 Å². The Morgan fingerprint density at radius 3 is 2.70 bits per heavy atom. The Balaban J connectivity index is 1.43. The maximum absolute atomic E-state index is 12.8. The van der Waals surface area contributed by atoms with Crippen LogP contribution < -0.4 is 16.4 Å². The van der Waals surface area contributed by atoms with Crippen LogP contribution >= 0.6 is 11.3 Å². The van der Waals surface area contributed by atoms with Crippen molar-refractivity contribution < 1.29 is 4.79 Å². The molecule has 0 fully saturated rings. The van der Waals surface area contributed by atoms with Gasteiger partial charge < -0.3 is 16.4 Å². The SMILES string of the molecule is N#Cc1ccc(NCc2nc(NC(=O)c3nc(N)c4sccc4n3)cc3ccccc23)cc1. The summed E-state index contributed by atoms with van der Waals surface area (Å²) >= 11 is 1.43. The average molecular weight is 452 g/mol. The molecule has 0 atom stereocenters. The Kier molecular flexibility index (Phi) is 5.26. The van der Waals surface area contributed by atoms with Gasteiger partial charge in [0.15, 0.2) is 0 Å². The number of hydrogen-bond acceptors (Lipinski definition) is 8. The molecule has 3 aromatic heterocycles. The van der Waals surface area contributed by atoms with Gasteiger partial charge in [-0.2, -0.15) is 5.26 Å². The lowest BCUT2D eigenvalue weighted by Crippen LogP contribution is -2.18. The van der Waals surface area contributed by atoms with Gasteiger partial charge in [-0.3, -0.25) is 4.79 Å². The number of nitrogen functional groups attached to an aromatic ring is 1. The number of nitrogens with zero attached hydrogens (tertiary/aromatic N) is 4. The van der Waals surface area contributed by atoms with Crippen molar-refractivity contribution >= 4 is 55.6 Å². The zero-order valence-electron chi connectivity index (χ0n) is 17.2. The van der Waals surface area contributed by atoms with Crippen molar-refractivity contribution in [2.75, 3.05) is 16.4 Å². The summed E-state index contributed by atoms with van der Waals surface area (Å²) in [5, 5.41) is 18.8. The Hall–Kier alpha value is -4.55. The molecular weight excluding hydrogens is 434 g/mol. The van der Waals surface area contributed by atoms with Gasteiger partial charge in [0.25, 0.3) is 5.91 Å². The number of nitriles is 1. The van der Waals surface area contributed by atoms with E-state index in [1.54, 1.807) is 18.2 Å². The molecule has 0 aliphatic heterocycles. The largest absolute Gasteiger partial charge is 0.382 e. The van der Waals surface area contributed by atoms with Crippen LogP contribution in [0.25, 0.3) is 21.0 Å². The van der Waals surface area contributed by atoms with E-state index in [2.05, 4.69) is 31.7 Å². The molecule has 0 aliphatic carbocycles. The second kappa shape index (κ2) is 8.53. The van der Waals surface area contributed by atoms with E-state index in [9.17, 15) is 4.79 Å². The molecule has 0 aliphatic rings. The van der Waals surface area contributed by atoms with Crippen molar-refractivity contribution in [3.8, 4) is 6.07 Å². The Bertz CT molecular complexity index is 1540. The predicted octanol–water partition coefficient (Wildman–Crippen LogP) is 4.56. The normalized spacial score (nSPS) is 10.8. The lowest BCUT2D eigenvalue weighted by molar-refractivity contribution is 0.101. The highest BCUT2D eigenvalue weighted by Gasteiger charge is 2.15. The number of carbonyl (C=O) groups is 1. The molecule has 0 unspecified atom stereocenters. The van der Waals surface area contributed by atoms with E-state index < -0.39 is 5.91 Å². The highest BCUT2D eigenvalue weighted by atomic mass is 32.1. The third-order valence-electron chi connectivity index (χ3n) is 5.07. The molecule has 1 amide bonds. The van der Waals surface area contributed by atoms with E-state index in [1.165, 1.54) is 11.3 Å². The second-order valence-electron chi connectivity index (χ2n) is 7.24. The molecule has 0 bridgehead atoms. The van der Waals surface area contributed by atoms with Gasteiger partial charge in [0.1, 0.15) is 11.6 Å². The van der Waals surface area contributed by atoms with E-state index in [4.69, 9.17) is 11.0 Å². The molecular formula is C24H17N7OS. The summed E-state index contributed by atoms with van der Waals surface area (Å²) in [5.74, 6) is 0.177. The quantitative estimate of drug-likeness (QED) is 0.357. The van der Waals surface area contributed by atoms with Crippen molar-refractivity contribution in [1.29, 1.82) is 5.26 Å². The summed E-state index contributed by atoms with van der Waals surface area (Å²) in [5.41, 5.74) is 8.84. The van der Waals surface area contributed by atoms with Crippen molar-refractivity contribution in [3.05, 3.63) is 83.1 Å². The number of benzene rings is 2. The third-order valence-corrected chi connectivity index (χ3v) is 5.99. The van der Waals surface area contributed by atoms with Gasteiger partial charge in [-0.05, 0) is 47.2 Å². The van der Waals surface area contributed by atoms with E-state index in [0.29, 0.717) is 23.4 Å². The fourth-order valence-electron chi connectivity index (χ4n) is 3.48. The predicted molar refractivity (Wildman–Crippen MR) is 130 cm³/mol. The van der Waals surface area contributed by atoms with Crippen LogP contribution in [0, 0.1) is 11.3 Å². The first-order chi connectivity index (χ1) is 16.1. The summed E-state index contributed by atoms with van der Waals surface area (Å²) in [6, 6.07) is 20.7. The van der Waals surface area contributed by atoms with Gasteiger partial charge in [-0.15, -0.1) is 11.3 Å².